The lowest BCUT2D eigenvalue weighted by atomic mass is 10.2. The number of aromatic nitrogens is 3. The fourth-order valence-electron chi connectivity index (χ4n) is 2.43. The lowest BCUT2D eigenvalue weighted by Gasteiger charge is -2.07. The van der Waals surface area contributed by atoms with Gasteiger partial charge in [0, 0.05) is 24.0 Å². The molecule has 0 spiro atoms. The minimum absolute atomic E-state index is 0.365. The molecule has 1 aromatic carbocycles. The summed E-state index contributed by atoms with van der Waals surface area (Å²) in [5, 5.41) is 5.02. The Bertz CT molecular complexity index is 1020. The van der Waals surface area contributed by atoms with Crippen LogP contribution in [-0.4, -0.2) is 27.8 Å². The number of methoxy groups -OCH3 is 1. The maximum absolute atomic E-state index is 11.7. The number of benzene rings is 1. The van der Waals surface area contributed by atoms with Crippen molar-refractivity contribution in [2.75, 3.05) is 7.11 Å². The van der Waals surface area contributed by atoms with Gasteiger partial charge in [-0.05, 0) is 36.4 Å². The summed E-state index contributed by atoms with van der Waals surface area (Å²) in [6, 6.07) is 11.2. The normalized spacial score (nSPS) is 10.8. The second-order valence-corrected chi connectivity index (χ2v) is 6.28. The molecule has 0 aliphatic rings. The molecule has 0 aliphatic carbocycles. The molecule has 0 amide bonds. The highest BCUT2D eigenvalue weighted by Crippen LogP contribution is 2.34. The van der Waals surface area contributed by atoms with Gasteiger partial charge < -0.3 is 9.47 Å². The summed E-state index contributed by atoms with van der Waals surface area (Å²) >= 11 is 1.33. The zero-order valence-corrected chi connectivity index (χ0v) is 14.1. The third-order valence-electron chi connectivity index (χ3n) is 3.63. The van der Waals surface area contributed by atoms with Crippen LogP contribution in [-0.2, 0) is 4.74 Å². The van der Waals surface area contributed by atoms with Crippen LogP contribution in [0.25, 0.3) is 15.8 Å². The number of ether oxygens (including phenoxy) is 2. The smallest absolute Gasteiger partial charge is 0.348 e. The molecule has 4 rings (SSSR count). The molecule has 4 aromatic rings. The molecular weight excluding hydrogens is 338 g/mol. The van der Waals surface area contributed by atoms with Crippen LogP contribution in [0.5, 0.6) is 11.5 Å². The van der Waals surface area contributed by atoms with Crippen molar-refractivity contribution in [2.24, 2.45) is 0 Å². The number of thiophene rings is 1. The highest BCUT2D eigenvalue weighted by atomic mass is 32.1. The number of esters is 1. The molecule has 0 saturated carbocycles. The first kappa shape index (κ1) is 15.3. The average Bonchev–Trinajstić information content (AvgIpc) is 3.32. The minimum Gasteiger partial charge on any atom is -0.465 e. The number of pyridine rings is 1. The zero-order valence-electron chi connectivity index (χ0n) is 13.2. The molecule has 3 heterocycles. The van der Waals surface area contributed by atoms with E-state index < -0.39 is 0 Å². The fourth-order valence-corrected chi connectivity index (χ4v) is 3.40. The van der Waals surface area contributed by atoms with E-state index in [2.05, 4.69) is 10.1 Å². The monoisotopic (exact) mass is 351 g/mol. The van der Waals surface area contributed by atoms with E-state index in [1.165, 1.54) is 18.4 Å². The van der Waals surface area contributed by atoms with Crippen LogP contribution in [0.4, 0.5) is 0 Å². The van der Waals surface area contributed by atoms with Crippen LogP contribution in [0.3, 0.4) is 0 Å². The van der Waals surface area contributed by atoms with Crippen molar-refractivity contribution in [3.63, 3.8) is 0 Å². The lowest BCUT2D eigenvalue weighted by Crippen LogP contribution is -1.96. The Morgan fingerprint density at radius 3 is 2.76 bits per heavy atom. The van der Waals surface area contributed by atoms with Crippen LogP contribution in [0.15, 0.2) is 61.2 Å². The third-order valence-corrected chi connectivity index (χ3v) is 4.68. The Kier molecular flexibility index (Phi) is 3.91. The molecule has 0 unspecified atom stereocenters. The Morgan fingerprint density at radius 2 is 2.04 bits per heavy atom. The van der Waals surface area contributed by atoms with Crippen molar-refractivity contribution in [1.29, 1.82) is 0 Å². The first-order valence-electron chi connectivity index (χ1n) is 7.48. The SMILES string of the molecule is COC(=O)c1cc2c(Oc3ccc(-n4cccn4)cc3)cncc2s1. The van der Waals surface area contributed by atoms with E-state index in [0.717, 1.165) is 15.8 Å². The summed E-state index contributed by atoms with van der Waals surface area (Å²) in [5.74, 6) is 0.905. The van der Waals surface area contributed by atoms with E-state index in [1.54, 1.807) is 29.3 Å². The van der Waals surface area contributed by atoms with E-state index in [-0.39, 0.29) is 5.97 Å². The molecule has 0 radical (unpaired) electrons. The van der Waals surface area contributed by atoms with Crippen LogP contribution >= 0.6 is 11.3 Å². The highest BCUT2D eigenvalue weighted by molar-refractivity contribution is 7.20. The van der Waals surface area contributed by atoms with E-state index in [0.29, 0.717) is 16.4 Å². The second-order valence-electron chi connectivity index (χ2n) is 5.20. The van der Waals surface area contributed by atoms with Gasteiger partial charge in [-0.1, -0.05) is 0 Å². The Hall–Kier alpha value is -3.19. The number of nitrogens with zero attached hydrogens (tertiary/aromatic N) is 3. The first-order chi connectivity index (χ1) is 12.2. The number of rotatable bonds is 4. The first-order valence-corrected chi connectivity index (χ1v) is 8.30. The van der Waals surface area contributed by atoms with Crippen LogP contribution in [0.1, 0.15) is 9.67 Å². The van der Waals surface area contributed by atoms with Crippen molar-refractivity contribution in [3.05, 3.63) is 66.1 Å². The van der Waals surface area contributed by atoms with Crippen molar-refractivity contribution in [3.8, 4) is 17.2 Å². The Balaban J connectivity index is 1.64. The molecule has 3 aromatic heterocycles. The third kappa shape index (κ3) is 2.97. The standard InChI is InChI=1S/C18H13N3O3S/c1-23-18(22)16-9-14-15(10-19-11-17(14)25-16)24-13-5-3-12(4-6-13)21-8-2-7-20-21/h2-11H,1H3. The summed E-state index contributed by atoms with van der Waals surface area (Å²) in [5.41, 5.74) is 0.942. The van der Waals surface area contributed by atoms with Gasteiger partial charge in [0.15, 0.2) is 5.75 Å². The molecule has 0 N–H and O–H groups in total. The predicted octanol–water partition coefficient (Wildman–Crippen LogP) is 4.06. The van der Waals surface area contributed by atoms with Crippen molar-refractivity contribution in [1.82, 2.24) is 14.8 Å². The number of fused-ring (bicyclic) bond motifs is 1. The molecule has 6 nitrogen and oxygen atoms in total. The summed E-state index contributed by atoms with van der Waals surface area (Å²) < 4.78 is 13.4. The van der Waals surface area contributed by atoms with Crippen LogP contribution in [0.2, 0.25) is 0 Å². The zero-order chi connectivity index (χ0) is 17.2. The molecule has 0 aliphatic heterocycles. The summed E-state index contributed by atoms with van der Waals surface area (Å²) in [4.78, 5) is 16.4. The summed E-state index contributed by atoms with van der Waals surface area (Å²) in [6.07, 6.45) is 6.95. The van der Waals surface area contributed by atoms with E-state index in [4.69, 9.17) is 9.47 Å². The van der Waals surface area contributed by atoms with E-state index in [9.17, 15) is 4.79 Å². The fraction of sp³-hybridized carbons (Fsp3) is 0.0556. The maximum Gasteiger partial charge on any atom is 0.348 e. The van der Waals surface area contributed by atoms with Crippen LogP contribution in [0, 0.1) is 0 Å². The van der Waals surface area contributed by atoms with Gasteiger partial charge in [-0.15, -0.1) is 11.3 Å². The van der Waals surface area contributed by atoms with Gasteiger partial charge in [0.05, 0.1) is 23.7 Å². The average molecular weight is 351 g/mol. The summed E-state index contributed by atoms with van der Waals surface area (Å²) in [7, 11) is 1.36. The Morgan fingerprint density at radius 1 is 1.20 bits per heavy atom. The van der Waals surface area contributed by atoms with Crippen molar-refractivity contribution < 1.29 is 14.3 Å². The molecule has 0 bridgehead atoms. The van der Waals surface area contributed by atoms with Gasteiger partial charge in [0.25, 0.3) is 0 Å². The van der Waals surface area contributed by atoms with Crippen LogP contribution < -0.4 is 4.74 Å². The quantitative estimate of drug-likeness (QED) is 0.519. The van der Waals surface area contributed by atoms with Crippen molar-refractivity contribution >= 4 is 27.4 Å². The molecule has 0 saturated heterocycles. The lowest BCUT2D eigenvalue weighted by molar-refractivity contribution is 0.0606. The minimum atomic E-state index is -0.365. The van der Waals surface area contributed by atoms with Gasteiger partial charge in [-0.3, -0.25) is 4.98 Å². The van der Waals surface area contributed by atoms with E-state index >= 15 is 0 Å². The van der Waals surface area contributed by atoms with Gasteiger partial charge in [-0.25, -0.2) is 9.48 Å². The number of hydrogen-bond acceptors (Lipinski definition) is 6. The molecule has 0 fully saturated rings. The topological polar surface area (TPSA) is 66.2 Å². The second kappa shape index (κ2) is 6.37. The molecule has 25 heavy (non-hydrogen) atoms. The summed E-state index contributed by atoms with van der Waals surface area (Å²) in [6.45, 7) is 0. The van der Waals surface area contributed by atoms with Gasteiger partial charge >= 0.3 is 5.97 Å². The van der Waals surface area contributed by atoms with Gasteiger partial charge in [-0.2, -0.15) is 5.10 Å². The number of carbonyl (C=O) groups excluding carboxylic acids is 1. The number of hydrogen-bond donors (Lipinski definition) is 0. The molecule has 124 valence electrons. The van der Waals surface area contributed by atoms with E-state index in [1.807, 2.05) is 36.5 Å². The predicted molar refractivity (Wildman–Crippen MR) is 94.6 cm³/mol. The molecule has 0 atom stereocenters. The molecular formula is C18H13N3O3S. The maximum atomic E-state index is 11.7. The van der Waals surface area contributed by atoms with Crippen molar-refractivity contribution in [2.45, 2.75) is 0 Å². The van der Waals surface area contributed by atoms with Gasteiger partial charge in [0.1, 0.15) is 10.6 Å². The van der Waals surface area contributed by atoms with Gasteiger partial charge in [0.2, 0.25) is 0 Å². The largest absolute Gasteiger partial charge is 0.465 e. The Labute approximate surface area is 147 Å². The molecule has 7 heteroatoms. The highest BCUT2D eigenvalue weighted by Gasteiger charge is 2.14. The number of carbonyl (C=O) groups is 1.